The summed E-state index contributed by atoms with van der Waals surface area (Å²) in [6, 6.07) is 21.1. The van der Waals surface area contributed by atoms with Crippen LogP contribution in [0.15, 0.2) is 87.8 Å². The second kappa shape index (κ2) is 10.7. The summed E-state index contributed by atoms with van der Waals surface area (Å²) in [6.45, 7) is 2.23. The molecule has 1 amide bonds. The van der Waals surface area contributed by atoms with E-state index in [1.165, 1.54) is 16.8 Å². The molecule has 0 bridgehead atoms. The Morgan fingerprint density at radius 1 is 1.15 bits per heavy atom. The number of thioether (sulfide) groups is 1. The second-order valence-corrected chi connectivity index (χ2v) is 8.07. The average molecular weight is 475 g/mol. The van der Waals surface area contributed by atoms with Crippen LogP contribution in [0, 0.1) is 0 Å². The van der Waals surface area contributed by atoms with E-state index in [0.717, 1.165) is 11.8 Å². The monoisotopic (exact) mass is 474 g/mol. The Morgan fingerprint density at radius 2 is 1.91 bits per heavy atom. The summed E-state index contributed by atoms with van der Waals surface area (Å²) >= 11 is 1.15. The maximum absolute atomic E-state index is 13.2. The van der Waals surface area contributed by atoms with Crippen molar-refractivity contribution in [2.45, 2.75) is 12.1 Å². The van der Waals surface area contributed by atoms with Crippen LogP contribution < -0.4 is 15.7 Å². The number of hydrogen-bond donors (Lipinski definition) is 2. The van der Waals surface area contributed by atoms with Gasteiger partial charge in [0.25, 0.3) is 11.5 Å². The zero-order valence-electron chi connectivity index (χ0n) is 18.3. The summed E-state index contributed by atoms with van der Waals surface area (Å²) in [7, 11) is 0. The van der Waals surface area contributed by atoms with Crippen molar-refractivity contribution in [3.63, 3.8) is 0 Å². The predicted molar refractivity (Wildman–Crippen MR) is 133 cm³/mol. The van der Waals surface area contributed by atoms with Crippen LogP contribution in [-0.4, -0.2) is 39.1 Å². The number of aromatic hydroxyl groups is 1. The van der Waals surface area contributed by atoms with Gasteiger partial charge in [-0.3, -0.25) is 14.2 Å². The van der Waals surface area contributed by atoms with Gasteiger partial charge in [0.05, 0.1) is 35.2 Å². The van der Waals surface area contributed by atoms with Crippen LogP contribution in [0.3, 0.4) is 0 Å². The molecule has 34 heavy (non-hydrogen) atoms. The molecule has 4 rings (SSSR count). The van der Waals surface area contributed by atoms with Crippen LogP contribution in [0.2, 0.25) is 0 Å². The maximum Gasteiger partial charge on any atom is 0.266 e. The fourth-order valence-corrected chi connectivity index (χ4v) is 4.04. The molecule has 4 aromatic rings. The Bertz CT molecular complexity index is 1400. The molecule has 0 unspecified atom stereocenters. The summed E-state index contributed by atoms with van der Waals surface area (Å²) in [5, 5.41) is 14.7. The molecule has 0 spiro atoms. The quantitative estimate of drug-likeness (QED) is 0.174. The van der Waals surface area contributed by atoms with Crippen molar-refractivity contribution in [3.05, 3.63) is 88.7 Å². The number of carbonyl (C=O) groups excluding carboxylic acids is 1. The van der Waals surface area contributed by atoms with Crippen molar-refractivity contribution in [2.24, 2.45) is 5.10 Å². The van der Waals surface area contributed by atoms with Gasteiger partial charge in [-0.25, -0.2) is 10.4 Å². The highest BCUT2D eigenvalue weighted by atomic mass is 32.2. The van der Waals surface area contributed by atoms with Crippen LogP contribution >= 0.6 is 11.8 Å². The fraction of sp³-hybridized carbons (Fsp3) is 0.120. The number of phenols is 1. The molecule has 1 aromatic heterocycles. The third-order valence-corrected chi connectivity index (χ3v) is 5.72. The number of fused-ring (bicyclic) bond motifs is 1. The topological polar surface area (TPSA) is 106 Å². The second-order valence-electron chi connectivity index (χ2n) is 7.13. The van der Waals surface area contributed by atoms with Crippen molar-refractivity contribution in [1.82, 2.24) is 15.0 Å². The molecule has 2 N–H and O–H groups in total. The summed E-state index contributed by atoms with van der Waals surface area (Å²) in [5.41, 5.74) is 4.16. The third kappa shape index (κ3) is 5.26. The highest BCUT2D eigenvalue weighted by molar-refractivity contribution is 7.99. The van der Waals surface area contributed by atoms with Gasteiger partial charge in [-0.2, -0.15) is 5.10 Å². The van der Waals surface area contributed by atoms with Gasteiger partial charge >= 0.3 is 0 Å². The zero-order valence-corrected chi connectivity index (χ0v) is 19.2. The number of nitrogens with one attached hydrogen (secondary N) is 1. The molecule has 0 saturated heterocycles. The van der Waals surface area contributed by atoms with Crippen LogP contribution in [0.25, 0.3) is 16.6 Å². The molecule has 0 atom stereocenters. The van der Waals surface area contributed by atoms with E-state index in [1.807, 2.05) is 43.3 Å². The molecule has 172 valence electrons. The highest BCUT2D eigenvalue weighted by Gasteiger charge is 2.14. The van der Waals surface area contributed by atoms with Gasteiger partial charge in [-0.15, -0.1) is 0 Å². The number of hydrogen-bond acceptors (Lipinski definition) is 7. The molecule has 8 nitrogen and oxygen atoms in total. The molecule has 0 aliphatic heterocycles. The molecule has 9 heteroatoms. The van der Waals surface area contributed by atoms with Crippen molar-refractivity contribution >= 4 is 34.8 Å². The lowest BCUT2D eigenvalue weighted by Crippen LogP contribution is -2.24. The number of benzene rings is 3. The number of hydrazone groups is 1. The molecule has 0 saturated carbocycles. The molecule has 0 fully saturated rings. The smallest absolute Gasteiger partial charge is 0.266 e. The van der Waals surface area contributed by atoms with E-state index in [2.05, 4.69) is 15.5 Å². The molecule has 0 aliphatic carbocycles. The van der Waals surface area contributed by atoms with Crippen molar-refractivity contribution in [2.75, 3.05) is 12.4 Å². The molecule has 1 heterocycles. The third-order valence-electron chi connectivity index (χ3n) is 4.78. The van der Waals surface area contributed by atoms with E-state index in [9.17, 15) is 14.7 Å². The number of phenolic OH excluding ortho intramolecular Hbond substituents is 1. The highest BCUT2D eigenvalue weighted by Crippen LogP contribution is 2.26. The number of para-hydroxylation sites is 2. The Balaban J connectivity index is 1.50. The first kappa shape index (κ1) is 23.1. The number of nitrogens with zero attached hydrogens (tertiary/aromatic N) is 3. The molecule has 0 aliphatic rings. The normalized spacial score (nSPS) is 11.1. The van der Waals surface area contributed by atoms with E-state index < -0.39 is 0 Å². The Kier molecular flexibility index (Phi) is 7.24. The van der Waals surface area contributed by atoms with Crippen LogP contribution in [0.5, 0.6) is 11.5 Å². The van der Waals surface area contributed by atoms with E-state index in [0.29, 0.717) is 39.7 Å². The lowest BCUT2D eigenvalue weighted by Gasteiger charge is -2.12. The Labute approximate surface area is 199 Å². The van der Waals surface area contributed by atoms with Crippen LogP contribution in [0.4, 0.5) is 0 Å². The first-order valence-corrected chi connectivity index (χ1v) is 11.5. The van der Waals surface area contributed by atoms with E-state index >= 15 is 0 Å². The molecule has 0 radical (unpaired) electrons. The lowest BCUT2D eigenvalue weighted by atomic mass is 10.2. The minimum absolute atomic E-state index is 0.00866. The summed E-state index contributed by atoms with van der Waals surface area (Å²) < 4.78 is 6.85. The first-order chi connectivity index (χ1) is 16.6. The number of ether oxygens (including phenoxy) is 1. The van der Waals surface area contributed by atoms with Gasteiger partial charge in [0, 0.05) is 0 Å². The number of carbonyl (C=O) groups is 1. The van der Waals surface area contributed by atoms with Crippen molar-refractivity contribution < 1.29 is 14.6 Å². The minimum Gasteiger partial charge on any atom is -0.504 e. The van der Waals surface area contributed by atoms with Gasteiger partial charge in [0.15, 0.2) is 16.7 Å². The summed E-state index contributed by atoms with van der Waals surface area (Å²) in [4.78, 5) is 30.2. The number of rotatable bonds is 8. The SMILES string of the molecule is CCOc1cc(/C=N/NC(=O)CSc2nc3ccccc3c(=O)n2-c2ccccc2)ccc1O. The Morgan fingerprint density at radius 3 is 2.71 bits per heavy atom. The largest absolute Gasteiger partial charge is 0.504 e. The average Bonchev–Trinajstić information content (AvgIpc) is 2.85. The van der Waals surface area contributed by atoms with Gasteiger partial charge in [-0.1, -0.05) is 42.1 Å². The van der Waals surface area contributed by atoms with Crippen molar-refractivity contribution in [3.8, 4) is 17.2 Å². The molecule has 3 aromatic carbocycles. The first-order valence-electron chi connectivity index (χ1n) is 10.5. The lowest BCUT2D eigenvalue weighted by molar-refractivity contribution is -0.118. The van der Waals surface area contributed by atoms with Gasteiger partial charge in [0.2, 0.25) is 0 Å². The van der Waals surface area contributed by atoms with Gasteiger partial charge in [-0.05, 0) is 55.0 Å². The summed E-state index contributed by atoms with van der Waals surface area (Å²) in [6.07, 6.45) is 1.46. The number of aromatic nitrogens is 2. The standard InChI is InChI=1S/C25H22N4O4S/c1-2-33-22-14-17(12-13-21(22)30)15-26-28-23(31)16-34-25-27-20-11-7-6-10-19(20)24(32)29(25)18-8-4-3-5-9-18/h3-15,30H,2,16H2,1H3,(H,28,31)/b26-15+. The Hall–Kier alpha value is -4.11. The zero-order chi connectivity index (χ0) is 23.9. The molecular weight excluding hydrogens is 452 g/mol. The van der Waals surface area contributed by atoms with Crippen LogP contribution in [-0.2, 0) is 4.79 Å². The van der Waals surface area contributed by atoms with E-state index in [1.54, 1.807) is 30.3 Å². The summed E-state index contributed by atoms with van der Waals surface area (Å²) in [5.74, 6) is 0.0304. The van der Waals surface area contributed by atoms with Gasteiger partial charge < -0.3 is 9.84 Å². The number of amides is 1. The molecular formula is C25H22N4O4S. The maximum atomic E-state index is 13.2. The minimum atomic E-state index is -0.355. The fourth-order valence-electron chi connectivity index (χ4n) is 3.24. The predicted octanol–water partition coefficient (Wildman–Crippen LogP) is 3.73. The van der Waals surface area contributed by atoms with E-state index in [-0.39, 0.29) is 23.0 Å². The van der Waals surface area contributed by atoms with Gasteiger partial charge in [0.1, 0.15) is 0 Å². The van der Waals surface area contributed by atoms with Crippen LogP contribution in [0.1, 0.15) is 12.5 Å². The van der Waals surface area contributed by atoms with Crippen molar-refractivity contribution in [1.29, 1.82) is 0 Å². The van der Waals surface area contributed by atoms with E-state index in [4.69, 9.17) is 4.74 Å².